The molecule has 3 aromatic carbocycles. The number of thiazole rings is 1. The van der Waals surface area contributed by atoms with Crippen molar-refractivity contribution in [2.75, 3.05) is 17.9 Å². The van der Waals surface area contributed by atoms with E-state index in [4.69, 9.17) is 16.3 Å². The number of benzene rings is 3. The van der Waals surface area contributed by atoms with Crippen LogP contribution in [0.3, 0.4) is 0 Å². The van der Waals surface area contributed by atoms with E-state index in [-0.39, 0.29) is 16.1 Å². The normalized spacial score (nSPS) is 12.3. The molecule has 0 aliphatic heterocycles. The highest BCUT2D eigenvalue weighted by molar-refractivity contribution is 7.92. The Morgan fingerprint density at radius 2 is 1.89 bits per heavy atom. The zero-order chi connectivity index (χ0) is 25.0. The molecule has 4 rings (SSSR count). The van der Waals surface area contributed by atoms with Gasteiger partial charge in [0.2, 0.25) is 0 Å². The Hall–Kier alpha value is -3.05. The molecule has 0 bridgehead atoms. The number of halogens is 2. The van der Waals surface area contributed by atoms with Crippen molar-refractivity contribution in [3.8, 4) is 0 Å². The standard InChI is InChI=1S/C24H21ClFN3O4S2/c1-2-33-14-13-29-22-20(26)7-4-8-21(22)34-24(29)27-23(30)16-5-3-6-18(15-16)28-35(31,32)19-11-9-17(25)10-12-19/h3-12,15,28H,2,13-14H2,1H3. The van der Waals surface area contributed by atoms with Gasteiger partial charge in [0.05, 0.1) is 21.7 Å². The highest BCUT2D eigenvalue weighted by Crippen LogP contribution is 2.22. The zero-order valence-corrected chi connectivity index (χ0v) is 21.0. The van der Waals surface area contributed by atoms with Crippen LogP contribution in [0.15, 0.2) is 76.6 Å². The Morgan fingerprint density at radius 1 is 1.14 bits per heavy atom. The molecule has 0 radical (unpaired) electrons. The summed E-state index contributed by atoms with van der Waals surface area (Å²) in [5.74, 6) is -1.00. The number of hydrogen-bond acceptors (Lipinski definition) is 5. The molecule has 0 fully saturated rings. The van der Waals surface area contributed by atoms with E-state index in [2.05, 4.69) is 9.71 Å². The molecule has 11 heteroatoms. The molecule has 1 heterocycles. The lowest BCUT2D eigenvalue weighted by Gasteiger charge is -2.09. The lowest BCUT2D eigenvalue weighted by atomic mass is 10.2. The number of amides is 1. The fourth-order valence-corrected chi connectivity index (χ4v) is 5.62. The van der Waals surface area contributed by atoms with Crippen LogP contribution < -0.4 is 9.52 Å². The molecular weight excluding hydrogens is 513 g/mol. The monoisotopic (exact) mass is 533 g/mol. The first-order valence-electron chi connectivity index (χ1n) is 10.6. The van der Waals surface area contributed by atoms with Crippen molar-refractivity contribution in [2.24, 2.45) is 4.99 Å². The Kier molecular flexibility index (Phi) is 7.66. The Labute approximate surface area is 210 Å². The van der Waals surface area contributed by atoms with Gasteiger partial charge in [-0.25, -0.2) is 12.8 Å². The number of para-hydroxylation sites is 1. The maximum atomic E-state index is 14.5. The molecule has 0 atom stereocenters. The minimum atomic E-state index is -3.88. The van der Waals surface area contributed by atoms with Gasteiger partial charge in [0.15, 0.2) is 4.80 Å². The molecule has 1 amide bonds. The van der Waals surface area contributed by atoms with Gasteiger partial charge in [-0.15, -0.1) is 0 Å². The van der Waals surface area contributed by atoms with E-state index >= 15 is 0 Å². The summed E-state index contributed by atoms with van der Waals surface area (Å²) in [6.07, 6.45) is 0. The van der Waals surface area contributed by atoms with Crippen LogP contribution in [-0.4, -0.2) is 32.1 Å². The number of carbonyl (C=O) groups is 1. The topological polar surface area (TPSA) is 89.8 Å². The van der Waals surface area contributed by atoms with Crippen LogP contribution in [0.25, 0.3) is 10.2 Å². The third-order valence-corrected chi connectivity index (χ3v) is 7.69. The predicted octanol–water partition coefficient (Wildman–Crippen LogP) is 5.07. The molecule has 182 valence electrons. The molecule has 7 nitrogen and oxygen atoms in total. The van der Waals surface area contributed by atoms with Crippen LogP contribution in [0.5, 0.6) is 0 Å². The highest BCUT2D eigenvalue weighted by atomic mass is 35.5. The van der Waals surface area contributed by atoms with Crippen molar-refractivity contribution in [1.82, 2.24) is 4.57 Å². The fourth-order valence-electron chi connectivity index (χ4n) is 3.37. The largest absolute Gasteiger partial charge is 0.380 e. The van der Waals surface area contributed by atoms with E-state index in [0.717, 1.165) is 0 Å². The van der Waals surface area contributed by atoms with Crippen LogP contribution in [-0.2, 0) is 21.3 Å². The van der Waals surface area contributed by atoms with E-state index in [1.165, 1.54) is 59.9 Å². The number of anilines is 1. The van der Waals surface area contributed by atoms with Gasteiger partial charge < -0.3 is 9.30 Å². The van der Waals surface area contributed by atoms with Crippen LogP contribution in [0.2, 0.25) is 5.02 Å². The first kappa shape index (κ1) is 25.1. The summed E-state index contributed by atoms with van der Waals surface area (Å²) in [4.78, 5) is 17.6. The zero-order valence-electron chi connectivity index (χ0n) is 18.6. The molecule has 0 aliphatic carbocycles. The smallest absolute Gasteiger partial charge is 0.279 e. The summed E-state index contributed by atoms with van der Waals surface area (Å²) < 4.78 is 50.0. The second kappa shape index (κ2) is 10.7. The summed E-state index contributed by atoms with van der Waals surface area (Å²) in [5.41, 5.74) is 0.733. The number of nitrogens with zero attached hydrogens (tertiary/aromatic N) is 2. The van der Waals surface area contributed by atoms with Crippen LogP contribution >= 0.6 is 22.9 Å². The van der Waals surface area contributed by atoms with Gasteiger partial charge in [-0.3, -0.25) is 9.52 Å². The summed E-state index contributed by atoms with van der Waals surface area (Å²) in [7, 11) is -3.88. The van der Waals surface area contributed by atoms with Crippen molar-refractivity contribution in [1.29, 1.82) is 0 Å². The van der Waals surface area contributed by atoms with Gasteiger partial charge in [0.1, 0.15) is 5.82 Å². The highest BCUT2D eigenvalue weighted by Gasteiger charge is 2.16. The number of ether oxygens (including phenoxy) is 1. The molecular formula is C24H21ClFN3O4S2. The molecule has 4 aromatic rings. The number of sulfonamides is 1. The van der Waals surface area contributed by atoms with Crippen molar-refractivity contribution in [3.05, 3.63) is 87.9 Å². The minimum absolute atomic E-state index is 0.0333. The lowest BCUT2D eigenvalue weighted by molar-refractivity contribution is 0.0996. The van der Waals surface area contributed by atoms with Crippen molar-refractivity contribution < 1.29 is 22.3 Å². The molecule has 0 saturated carbocycles. The number of carbonyl (C=O) groups excluding carboxylic acids is 1. The van der Waals surface area contributed by atoms with E-state index in [1.807, 2.05) is 6.92 Å². The predicted molar refractivity (Wildman–Crippen MR) is 135 cm³/mol. The summed E-state index contributed by atoms with van der Waals surface area (Å²) in [6, 6.07) is 16.5. The Balaban J connectivity index is 1.66. The van der Waals surface area contributed by atoms with Gasteiger partial charge in [-0.2, -0.15) is 4.99 Å². The number of aromatic nitrogens is 1. The van der Waals surface area contributed by atoms with Gasteiger partial charge >= 0.3 is 0 Å². The van der Waals surface area contributed by atoms with Gasteiger partial charge in [0, 0.05) is 29.4 Å². The molecule has 1 N–H and O–H groups in total. The van der Waals surface area contributed by atoms with Crippen molar-refractivity contribution >= 4 is 54.8 Å². The Bertz CT molecular complexity index is 1550. The van der Waals surface area contributed by atoms with Crippen LogP contribution in [0.4, 0.5) is 10.1 Å². The number of hydrogen-bond donors (Lipinski definition) is 1. The second-order valence-corrected chi connectivity index (χ2v) is 10.5. The quantitative estimate of drug-likeness (QED) is 0.320. The molecule has 0 aliphatic rings. The van der Waals surface area contributed by atoms with Crippen molar-refractivity contribution in [2.45, 2.75) is 18.4 Å². The minimum Gasteiger partial charge on any atom is -0.380 e. The fraction of sp³-hybridized carbons (Fsp3) is 0.167. The molecule has 0 spiro atoms. The molecule has 0 unspecified atom stereocenters. The maximum Gasteiger partial charge on any atom is 0.279 e. The summed E-state index contributed by atoms with van der Waals surface area (Å²) >= 11 is 7.02. The summed E-state index contributed by atoms with van der Waals surface area (Å²) in [5, 5.41) is 0.415. The van der Waals surface area contributed by atoms with Crippen LogP contribution in [0, 0.1) is 5.82 Å². The average Bonchev–Trinajstić information content (AvgIpc) is 3.17. The van der Waals surface area contributed by atoms with E-state index in [9.17, 15) is 17.6 Å². The van der Waals surface area contributed by atoms with Gasteiger partial charge in [-0.1, -0.05) is 35.1 Å². The molecule has 0 saturated heterocycles. The third-order valence-electron chi connectivity index (χ3n) is 5.00. The van der Waals surface area contributed by atoms with E-state index < -0.39 is 21.7 Å². The number of nitrogens with one attached hydrogen (secondary N) is 1. The van der Waals surface area contributed by atoms with Gasteiger partial charge in [-0.05, 0) is 61.5 Å². The lowest BCUT2D eigenvalue weighted by Crippen LogP contribution is -2.20. The van der Waals surface area contributed by atoms with Crippen LogP contribution in [0.1, 0.15) is 17.3 Å². The number of fused-ring (bicyclic) bond motifs is 1. The molecule has 1 aromatic heterocycles. The second-order valence-electron chi connectivity index (χ2n) is 7.38. The van der Waals surface area contributed by atoms with E-state index in [1.54, 1.807) is 22.8 Å². The maximum absolute atomic E-state index is 14.5. The first-order valence-corrected chi connectivity index (χ1v) is 13.3. The average molecular weight is 534 g/mol. The SMILES string of the molecule is CCOCCn1c(=NC(=O)c2cccc(NS(=O)(=O)c3ccc(Cl)cc3)c2)sc2cccc(F)c21. The summed E-state index contributed by atoms with van der Waals surface area (Å²) in [6.45, 7) is 3.02. The number of rotatable bonds is 8. The third kappa shape index (κ3) is 5.79. The molecule has 35 heavy (non-hydrogen) atoms. The van der Waals surface area contributed by atoms with Crippen molar-refractivity contribution in [3.63, 3.8) is 0 Å². The Morgan fingerprint density at radius 3 is 2.63 bits per heavy atom. The van der Waals surface area contributed by atoms with E-state index in [0.29, 0.717) is 39.8 Å². The van der Waals surface area contributed by atoms with Gasteiger partial charge in [0.25, 0.3) is 15.9 Å². The first-order chi connectivity index (χ1) is 16.8.